The largest absolute Gasteiger partial charge is 0.495 e. The molecule has 0 aliphatic rings. The highest BCUT2D eigenvalue weighted by atomic mass is 35.5. The van der Waals surface area contributed by atoms with Crippen LogP contribution in [0.3, 0.4) is 0 Å². The predicted molar refractivity (Wildman–Crippen MR) is 167 cm³/mol. The number of anilines is 1. The van der Waals surface area contributed by atoms with Crippen LogP contribution in [0.1, 0.15) is 49.8 Å². The van der Waals surface area contributed by atoms with E-state index in [0.29, 0.717) is 13.0 Å². The fourth-order valence-corrected chi connectivity index (χ4v) is 6.22. The Morgan fingerprint density at radius 3 is 2.31 bits per heavy atom. The second-order valence-electron chi connectivity index (χ2n) is 10.2. The molecule has 0 aromatic heterocycles. The van der Waals surface area contributed by atoms with Crippen LogP contribution in [0.5, 0.6) is 5.75 Å². The van der Waals surface area contributed by atoms with Gasteiger partial charge in [0.2, 0.25) is 11.8 Å². The van der Waals surface area contributed by atoms with Gasteiger partial charge in [0.15, 0.2) is 0 Å². The van der Waals surface area contributed by atoms with Crippen molar-refractivity contribution in [2.75, 3.05) is 24.5 Å². The van der Waals surface area contributed by atoms with Crippen LogP contribution in [-0.2, 0) is 26.2 Å². The number of rotatable bonds is 14. The number of nitrogens with one attached hydrogen (secondary N) is 1. The number of ether oxygens (including phenoxy) is 1. The summed E-state index contributed by atoms with van der Waals surface area (Å²) in [6.45, 7) is 7.73. The Balaban J connectivity index is 2.11. The van der Waals surface area contributed by atoms with Gasteiger partial charge in [0.05, 0.1) is 17.7 Å². The maximum Gasteiger partial charge on any atom is 0.264 e. The van der Waals surface area contributed by atoms with Crippen LogP contribution < -0.4 is 14.4 Å². The van der Waals surface area contributed by atoms with Gasteiger partial charge < -0.3 is 15.0 Å². The van der Waals surface area contributed by atoms with E-state index in [2.05, 4.69) is 5.32 Å². The molecule has 10 heteroatoms. The van der Waals surface area contributed by atoms with Crippen molar-refractivity contribution >= 4 is 39.1 Å². The lowest BCUT2D eigenvalue weighted by Gasteiger charge is -2.33. The number of hydrogen-bond acceptors (Lipinski definition) is 5. The van der Waals surface area contributed by atoms with Gasteiger partial charge in [-0.1, -0.05) is 79.4 Å². The second kappa shape index (κ2) is 15.1. The number of hydrogen-bond donors (Lipinski definition) is 1. The molecule has 3 aromatic rings. The molecule has 1 N–H and O–H groups in total. The molecule has 8 nitrogen and oxygen atoms in total. The van der Waals surface area contributed by atoms with Gasteiger partial charge in [-0.2, -0.15) is 0 Å². The van der Waals surface area contributed by atoms with Gasteiger partial charge in [-0.05, 0) is 62.6 Å². The molecule has 3 rings (SSSR count). The molecular weight excluding hydrogens is 574 g/mol. The van der Waals surface area contributed by atoms with Crippen LogP contribution in [0.15, 0.2) is 71.6 Å². The minimum absolute atomic E-state index is 0.0116. The average Bonchev–Trinajstić information content (AvgIpc) is 2.96. The normalized spacial score (nSPS) is 12.0. The van der Waals surface area contributed by atoms with Gasteiger partial charge in [-0.25, -0.2) is 8.42 Å². The fraction of sp³-hybridized carbons (Fsp3) is 0.375. The summed E-state index contributed by atoms with van der Waals surface area (Å²) >= 11 is 6.31. The van der Waals surface area contributed by atoms with Gasteiger partial charge >= 0.3 is 0 Å². The topological polar surface area (TPSA) is 96.0 Å². The Kier molecular flexibility index (Phi) is 11.8. The number of carbonyl (C=O) groups is 2. The van der Waals surface area contributed by atoms with Crippen molar-refractivity contribution in [2.45, 2.75) is 64.4 Å². The molecule has 0 aliphatic carbocycles. The zero-order chi connectivity index (χ0) is 30.9. The fourth-order valence-electron chi connectivity index (χ4n) is 4.64. The maximum absolute atomic E-state index is 14.2. The van der Waals surface area contributed by atoms with Gasteiger partial charge in [0, 0.05) is 18.1 Å². The SMILES string of the molecule is CCCCNC(=O)C(CC)N(Cc1cccc(C)c1)C(=O)CN(c1cc(Cl)ccc1OC)S(=O)(=O)c1ccc(C)cc1. The highest BCUT2D eigenvalue weighted by Gasteiger charge is 2.34. The number of benzene rings is 3. The van der Waals surface area contributed by atoms with Crippen LogP contribution in [-0.4, -0.2) is 51.4 Å². The third-order valence-corrected chi connectivity index (χ3v) is 8.96. The van der Waals surface area contributed by atoms with Crippen LogP contribution >= 0.6 is 11.6 Å². The number of aryl methyl sites for hydroxylation is 2. The molecule has 0 saturated heterocycles. The highest BCUT2D eigenvalue weighted by Crippen LogP contribution is 2.35. The summed E-state index contributed by atoms with van der Waals surface area (Å²) in [5.74, 6) is -0.579. The summed E-state index contributed by atoms with van der Waals surface area (Å²) in [6.07, 6.45) is 2.07. The number of nitrogens with zero attached hydrogens (tertiary/aromatic N) is 2. The smallest absolute Gasteiger partial charge is 0.264 e. The van der Waals surface area contributed by atoms with Crippen molar-refractivity contribution in [3.05, 3.63) is 88.4 Å². The number of halogens is 1. The summed E-state index contributed by atoms with van der Waals surface area (Å²) in [5.41, 5.74) is 2.85. The molecule has 2 amide bonds. The zero-order valence-electron chi connectivity index (χ0n) is 24.9. The summed E-state index contributed by atoms with van der Waals surface area (Å²) in [7, 11) is -2.83. The monoisotopic (exact) mass is 613 g/mol. The van der Waals surface area contributed by atoms with Gasteiger partial charge in [-0.3, -0.25) is 13.9 Å². The minimum Gasteiger partial charge on any atom is -0.495 e. The number of amides is 2. The van der Waals surface area contributed by atoms with Crippen molar-refractivity contribution in [3.8, 4) is 5.75 Å². The van der Waals surface area contributed by atoms with E-state index < -0.39 is 28.5 Å². The lowest BCUT2D eigenvalue weighted by Crippen LogP contribution is -2.52. The van der Waals surface area contributed by atoms with E-state index in [1.54, 1.807) is 24.3 Å². The molecule has 1 unspecified atom stereocenters. The van der Waals surface area contributed by atoms with E-state index in [0.717, 1.165) is 33.8 Å². The summed E-state index contributed by atoms with van der Waals surface area (Å²) in [4.78, 5) is 29.0. The molecular formula is C32H40ClN3O5S. The molecule has 1 atom stereocenters. The molecule has 3 aromatic carbocycles. The Morgan fingerprint density at radius 2 is 1.69 bits per heavy atom. The molecule has 0 spiro atoms. The lowest BCUT2D eigenvalue weighted by molar-refractivity contribution is -0.140. The molecule has 0 bridgehead atoms. The number of carbonyl (C=O) groups excluding carboxylic acids is 2. The maximum atomic E-state index is 14.2. The molecule has 0 saturated carbocycles. The molecule has 0 heterocycles. The number of unbranched alkanes of at least 4 members (excludes halogenated alkanes) is 1. The summed E-state index contributed by atoms with van der Waals surface area (Å²) in [5, 5.41) is 3.22. The molecule has 0 aliphatic heterocycles. The third-order valence-electron chi connectivity index (χ3n) is 6.95. The number of methoxy groups -OCH3 is 1. The van der Waals surface area contributed by atoms with E-state index >= 15 is 0 Å². The van der Waals surface area contributed by atoms with Crippen molar-refractivity contribution in [1.29, 1.82) is 0 Å². The van der Waals surface area contributed by atoms with E-state index in [1.165, 1.54) is 30.2 Å². The highest BCUT2D eigenvalue weighted by molar-refractivity contribution is 7.92. The van der Waals surface area contributed by atoms with Crippen LogP contribution in [0.4, 0.5) is 5.69 Å². The first-order valence-electron chi connectivity index (χ1n) is 14.1. The average molecular weight is 614 g/mol. The standard InChI is InChI=1S/C32H40ClN3O5S/c1-6-8-18-34-32(38)28(7-2)35(21-25-11-9-10-24(4)19-25)31(37)22-36(29-20-26(33)14-17-30(29)41-5)42(39,40)27-15-12-23(3)13-16-27/h9-17,19-20,28H,6-8,18,21-22H2,1-5H3,(H,34,38). The van der Waals surface area contributed by atoms with Gasteiger partial charge in [0.25, 0.3) is 10.0 Å². The number of sulfonamides is 1. The Hall–Kier alpha value is -3.56. The molecule has 0 fully saturated rings. The minimum atomic E-state index is -4.25. The first kappa shape index (κ1) is 32.9. The van der Waals surface area contributed by atoms with E-state index in [-0.39, 0.29) is 33.8 Å². The van der Waals surface area contributed by atoms with Gasteiger partial charge in [-0.15, -0.1) is 0 Å². The van der Waals surface area contributed by atoms with Crippen molar-refractivity contribution in [3.63, 3.8) is 0 Å². The van der Waals surface area contributed by atoms with Crippen LogP contribution in [0.2, 0.25) is 5.02 Å². The van der Waals surface area contributed by atoms with Crippen molar-refractivity contribution in [2.24, 2.45) is 0 Å². The van der Waals surface area contributed by atoms with E-state index in [9.17, 15) is 18.0 Å². The van der Waals surface area contributed by atoms with Crippen LogP contribution in [0.25, 0.3) is 0 Å². The molecule has 0 radical (unpaired) electrons. The second-order valence-corrected chi connectivity index (χ2v) is 12.5. The first-order valence-corrected chi connectivity index (χ1v) is 15.9. The quantitative estimate of drug-likeness (QED) is 0.229. The first-order chi connectivity index (χ1) is 20.0. The summed E-state index contributed by atoms with van der Waals surface area (Å²) in [6, 6.07) is 17.9. The zero-order valence-corrected chi connectivity index (χ0v) is 26.5. The third kappa shape index (κ3) is 8.26. The van der Waals surface area contributed by atoms with Crippen molar-refractivity contribution < 1.29 is 22.7 Å². The Labute approximate surface area is 254 Å². The Morgan fingerprint density at radius 1 is 0.976 bits per heavy atom. The Bertz CT molecular complexity index is 1480. The molecule has 42 heavy (non-hydrogen) atoms. The van der Waals surface area contributed by atoms with Gasteiger partial charge in [0.1, 0.15) is 18.3 Å². The van der Waals surface area contributed by atoms with Crippen LogP contribution in [0, 0.1) is 13.8 Å². The van der Waals surface area contributed by atoms with Crippen molar-refractivity contribution in [1.82, 2.24) is 10.2 Å². The summed E-state index contributed by atoms with van der Waals surface area (Å²) < 4.78 is 34.7. The predicted octanol–water partition coefficient (Wildman–Crippen LogP) is 5.88. The molecule has 226 valence electrons. The lowest BCUT2D eigenvalue weighted by atomic mass is 10.1. The van der Waals surface area contributed by atoms with E-state index in [4.69, 9.17) is 16.3 Å². The van der Waals surface area contributed by atoms with E-state index in [1.807, 2.05) is 52.0 Å².